The highest BCUT2D eigenvalue weighted by Crippen LogP contribution is 2.45. The Balaban J connectivity index is 1.49. The third-order valence-corrected chi connectivity index (χ3v) is 6.44. The van der Waals surface area contributed by atoms with Crippen LogP contribution in [0.3, 0.4) is 0 Å². The zero-order chi connectivity index (χ0) is 22.3. The quantitative estimate of drug-likeness (QED) is 0.501. The van der Waals surface area contributed by atoms with Crippen molar-refractivity contribution in [2.75, 3.05) is 22.6 Å². The molecular formula is C26H26N2O3S. The van der Waals surface area contributed by atoms with E-state index < -0.39 is 0 Å². The first-order valence-electron chi connectivity index (χ1n) is 10.7. The molecule has 0 radical (unpaired) electrons. The van der Waals surface area contributed by atoms with Crippen molar-refractivity contribution in [2.45, 2.75) is 25.1 Å². The van der Waals surface area contributed by atoms with Gasteiger partial charge in [-0.15, -0.1) is 11.8 Å². The van der Waals surface area contributed by atoms with Gasteiger partial charge in [0.1, 0.15) is 11.1 Å². The fourth-order valence-electron chi connectivity index (χ4n) is 3.76. The molecule has 2 amide bonds. The normalized spacial score (nSPS) is 15.6. The van der Waals surface area contributed by atoms with Crippen molar-refractivity contribution in [3.63, 3.8) is 0 Å². The number of carbonyl (C=O) groups is 2. The summed E-state index contributed by atoms with van der Waals surface area (Å²) < 4.78 is 5.76. The van der Waals surface area contributed by atoms with Crippen molar-refractivity contribution in [1.82, 2.24) is 0 Å². The van der Waals surface area contributed by atoms with Gasteiger partial charge in [0.05, 0.1) is 18.0 Å². The average molecular weight is 447 g/mol. The summed E-state index contributed by atoms with van der Waals surface area (Å²) in [5, 5.41) is 2.82. The highest BCUT2D eigenvalue weighted by molar-refractivity contribution is 8.00. The Labute approximate surface area is 192 Å². The molecule has 0 spiro atoms. The fraction of sp³-hybridized carbons (Fsp3) is 0.231. The van der Waals surface area contributed by atoms with E-state index >= 15 is 0 Å². The number of anilines is 2. The number of para-hydroxylation sites is 2. The number of hydrogen-bond donors (Lipinski definition) is 1. The molecule has 5 nitrogen and oxygen atoms in total. The molecule has 6 heteroatoms. The Kier molecular flexibility index (Phi) is 7.12. The Bertz CT molecular complexity index is 1090. The first-order chi connectivity index (χ1) is 15.7. The van der Waals surface area contributed by atoms with Crippen LogP contribution >= 0.6 is 11.8 Å². The lowest BCUT2D eigenvalue weighted by molar-refractivity contribution is -0.116. The number of carbonyl (C=O) groups excluding carboxylic acids is 2. The van der Waals surface area contributed by atoms with Crippen LogP contribution in [0, 0.1) is 0 Å². The van der Waals surface area contributed by atoms with Crippen LogP contribution in [-0.2, 0) is 16.0 Å². The van der Waals surface area contributed by atoms with E-state index in [0.29, 0.717) is 31.0 Å². The SMILES string of the molecule is CCOc1ccccc1N1C(=O)CS[C@@H]1c1cccc(NC(=O)CCc2ccccc2)c1. The Hall–Kier alpha value is -3.25. The van der Waals surface area contributed by atoms with Crippen LogP contribution < -0.4 is 15.0 Å². The summed E-state index contributed by atoms with van der Waals surface area (Å²) in [7, 11) is 0. The number of hydrogen-bond acceptors (Lipinski definition) is 4. The lowest BCUT2D eigenvalue weighted by atomic mass is 10.1. The van der Waals surface area contributed by atoms with Gasteiger partial charge in [0.25, 0.3) is 0 Å². The molecule has 1 aliphatic heterocycles. The van der Waals surface area contributed by atoms with Gasteiger partial charge in [-0.05, 0) is 48.7 Å². The maximum absolute atomic E-state index is 12.8. The molecule has 3 aromatic carbocycles. The summed E-state index contributed by atoms with van der Waals surface area (Å²) in [4.78, 5) is 27.1. The highest BCUT2D eigenvalue weighted by atomic mass is 32.2. The van der Waals surface area contributed by atoms with Crippen LogP contribution in [0.4, 0.5) is 11.4 Å². The van der Waals surface area contributed by atoms with Gasteiger partial charge in [0.2, 0.25) is 11.8 Å². The van der Waals surface area contributed by atoms with Crippen LogP contribution in [-0.4, -0.2) is 24.2 Å². The smallest absolute Gasteiger partial charge is 0.238 e. The molecule has 0 unspecified atom stereocenters. The van der Waals surface area contributed by atoms with Crippen molar-refractivity contribution in [1.29, 1.82) is 0 Å². The summed E-state index contributed by atoms with van der Waals surface area (Å²) in [6, 6.07) is 25.3. The minimum Gasteiger partial charge on any atom is -0.492 e. The number of benzene rings is 3. The molecule has 4 rings (SSSR count). The monoisotopic (exact) mass is 446 g/mol. The minimum atomic E-state index is -0.176. The van der Waals surface area contributed by atoms with Crippen molar-refractivity contribution in [3.8, 4) is 5.75 Å². The third-order valence-electron chi connectivity index (χ3n) is 5.23. The molecule has 1 aliphatic rings. The third kappa shape index (κ3) is 5.14. The van der Waals surface area contributed by atoms with E-state index in [1.54, 1.807) is 16.7 Å². The van der Waals surface area contributed by atoms with Crippen LogP contribution in [0.1, 0.15) is 29.8 Å². The molecule has 0 aromatic heterocycles. The number of amides is 2. The molecule has 1 atom stereocenters. The molecule has 0 bridgehead atoms. The van der Waals surface area contributed by atoms with Gasteiger partial charge in [-0.25, -0.2) is 0 Å². The number of aryl methyl sites for hydroxylation is 1. The molecule has 0 saturated carbocycles. The van der Waals surface area contributed by atoms with Crippen LogP contribution in [0.15, 0.2) is 78.9 Å². The fourth-order valence-corrected chi connectivity index (χ4v) is 4.92. The zero-order valence-corrected chi connectivity index (χ0v) is 18.8. The van der Waals surface area contributed by atoms with Gasteiger partial charge in [0, 0.05) is 12.1 Å². The van der Waals surface area contributed by atoms with E-state index in [4.69, 9.17) is 4.74 Å². The predicted octanol–water partition coefficient (Wildman–Crippen LogP) is 5.44. The standard InChI is InChI=1S/C26H26N2O3S/c1-2-31-23-14-7-6-13-22(23)28-25(30)18-32-26(28)20-11-8-12-21(17-20)27-24(29)16-15-19-9-4-3-5-10-19/h3-14,17,26H,2,15-16,18H2,1H3,(H,27,29)/t26-/m1/s1. The van der Waals surface area contributed by atoms with E-state index in [-0.39, 0.29) is 17.2 Å². The second-order valence-corrected chi connectivity index (χ2v) is 8.56. The van der Waals surface area contributed by atoms with Crippen molar-refractivity contribution >= 4 is 35.0 Å². The van der Waals surface area contributed by atoms with Crippen LogP contribution in [0.5, 0.6) is 5.75 Å². The van der Waals surface area contributed by atoms with E-state index in [1.165, 1.54) is 0 Å². The second kappa shape index (κ2) is 10.4. The summed E-state index contributed by atoms with van der Waals surface area (Å²) in [5.41, 5.74) is 3.61. The lowest BCUT2D eigenvalue weighted by Crippen LogP contribution is -2.28. The first kappa shape index (κ1) is 22.0. The molecule has 1 N–H and O–H groups in total. The van der Waals surface area contributed by atoms with E-state index in [0.717, 1.165) is 22.5 Å². The number of rotatable bonds is 8. The van der Waals surface area contributed by atoms with E-state index in [2.05, 4.69) is 5.32 Å². The molecule has 1 saturated heterocycles. The summed E-state index contributed by atoms with van der Waals surface area (Å²) in [6.45, 7) is 2.46. The van der Waals surface area contributed by atoms with Crippen molar-refractivity contribution in [3.05, 3.63) is 90.0 Å². The Morgan fingerprint density at radius 3 is 2.66 bits per heavy atom. The number of thioether (sulfide) groups is 1. The van der Waals surface area contributed by atoms with E-state index in [1.807, 2.05) is 85.8 Å². The van der Waals surface area contributed by atoms with Crippen LogP contribution in [0.2, 0.25) is 0 Å². The van der Waals surface area contributed by atoms with Gasteiger partial charge in [0.15, 0.2) is 0 Å². The maximum Gasteiger partial charge on any atom is 0.238 e. The molecule has 1 heterocycles. The maximum atomic E-state index is 12.8. The van der Waals surface area contributed by atoms with Gasteiger partial charge >= 0.3 is 0 Å². The summed E-state index contributed by atoms with van der Waals surface area (Å²) in [5.74, 6) is 1.11. The number of ether oxygens (including phenoxy) is 1. The molecule has 164 valence electrons. The van der Waals surface area contributed by atoms with Gasteiger partial charge in [-0.2, -0.15) is 0 Å². The molecular weight excluding hydrogens is 420 g/mol. The number of nitrogens with zero attached hydrogens (tertiary/aromatic N) is 1. The van der Waals surface area contributed by atoms with Gasteiger partial charge in [-0.3, -0.25) is 14.5 Å². The molecule has 0 aliphatic carbocycles. The predicted molar refractivity (Wildman–Crippen MR) is 130 cm³/mol. The topological polar surface area (TPSA) is 58.6 Å². The Morgan fingerprint density at radius 2 is 1.84 bits per heavy atom. The zero-order valence-electron chi connectivity index (χ0n) is 18.0. The Morgan fingerprint density at radius 1 is 1.06 bits per heavy atom. The second-order valence-electron chi connectivity index (χ2n) is 7.49. The highest BCUT2D eigenvalue weighted by Gasteiger charge is 2.35. The number of nitrogens with one attached hydrogen (secondary N) is 1. The molecule has 1 fully saturated rings. The van der Waals surface area contributed by atoms with Crippen molar-refractivity contribution in [2.24, 2.45) is 0 Å². The average Bonchev–Trinajstić information content (AvgIpc) is 3.20. The van der Waals surface area contributed by atoms with Gasteiger partial charge < -0.3 is 10.1 Å². The molecule has 32 heavy (non-hydrogen) atoms. The lowest BCUT2D eigenvalue weighted by Gasteiger charge is -2.26. The van der Waals surface area contributed by atoms with Crippen LogP contribution in [0.25, 0.3) is 0 Å². The first-order valence-corrected chi connectivity index (χ1v) is 11.8. The minimum absolute atomic E-state index is 0.0281. The van der Waals surface area contributed by atoms with E-state index in [9.17, 15) is 9.59 Å². The largest absolute Gasteiger partial charge is 0.492 e. The summed E-state index contributed by atoms with van der Waals surface area (Å²) >= 11 is 1.58. The van der Waals surface area contributed by atoms with Crippen molar-refractivity contribution < 1.29 is 14.3 Å². The summed E-state index contributed by atoms with van der Waals surface area (Å²) in [6.07, 6.45) is 1.11. The molecule has 3 aromatic rings. The van der Waals surface area contributed by atoms with Gasteiger partial charge in [-0.1, -0.05) is 54.6 Å².